The molecule has 0 spiro atoms. The van der Waals surface area contributed by atoms with E-state index in [0.29, 0.717) is 6.54 Å². The van der Waals surface area contributed by atoms with Gasteiger partial charge in [-0.25, -0.2) is 4.39 Å². The summed E-state index contributed by atoms with van der Waals surface area (Å²) in [6, 6.07) is 12.1. The van der Waals surface area contributed by atoms with Crippen molar-refractivity contribution in [2.45, 2.75) is 31.2 Å². The maximum Gasteiger partial charge on any atom is 0.251 e. The first kappa shape index (κ1) is 22.5. The van der Waals surface area contributed by atoms with Crippen LogP contribution < -0.4 is 15.4 Å². The number of amides is 2. The average molecular weight is 428 g/mol. The van der Waals surface area contributed by atoms with Crippen LogP contribution in [0.15, 0.2) is 60.7 Å². The van der Waals surface area contributed by atoms with Crippen LogP contribution in [0, 0.1) is 5.82 Å². The van der Waals surface area contributed by atoms with Crippen molar-refractivity contribution in [2.75, 3.05) is 13.7 Å². The van der Waals surface area contributed by atoms with E-state index in [4.69, 9.17) is 9.47 Å². The number of halogens is 1. The van der Waals surface area contributed by atoms with Crippen LogP contribution in [0.3, 0.4) is 0 Å². The number of benzene rings is 2. The Kier molecular flexibility index (Phi) is 7.75. The fourth-order valence-electron chi connectivity index (χ4n) is 3.20. The number of hydrogen-bond donors (Lipinski definition) is 3. The third kappa shape index (κ3) is 6.37. The summed E-state index contributed by atoms with van der Waals surface area (Å²) < 4.78 is 24.2. The molecule has 2 aromatic rings. The number of carbonyl (C=O) groups is 2. The highest BCUT2D eigenvalue weighted by molar-refractivity contribution is 5.94. The minimum Gasteiger partial charge on any atom is -0.497 e. The molecule has 31 heavy (non-hydrogen) atoms. The molecule has 0 saturated heterocycles. The van der Waals surface area contributed by atoms with Gasteiger partial charge in [0.1, 0.15) is 17.7 Å². The largest absolute Gasteiger partial charge is 0.497 e. The highest BCUT2D eigenvalue weighted by atomic mass is 19.1. The molecule has 8 heteroatoms. The molecule has 0 aliphatic carbocycles. The van der Waals surface area contributed by atoms with Crippen molar-refractivity contribution >= 4 is 11.8 Å². The number of aliphatic hydroxyl groups is 1. The molecule has 0 bridgehead atoms. The Hall–Kier alpha value is -3.23. The summed E-state index contributed by atoms with van der Waals surface area (Å²) in [5, 5.41) is 15.2. The third-order valence-electron chi connectivity index (χ3n) is 4.88. The number of ether oxygens (including phenoxy) is 2. The number of aliphatic hydroxyl groups excluding tert-OH is 1. The monoisotopic (exact) mass is 428 g/mol. The number of carbonyl (C=O) groups excluding carboxylic acids is 2. The zero-order chi connectivity index (χ0) is 22.2. The lowest BCUT2D eigenvalue weighted by atomic mass is 10.0. The smallest absolute Gasteiger partial charge is 0.251 e. The molecule has 1 aliphatic rings. The van der Waals surface area contributed by atoms with Crippen molar-refractivity contribution in [1.29, 1.82) is 0 Å². The summed E-state index contributed by atoms with van der Waals surface area (Å²) in [5.41, 5.74) is 1.10. The lowest BCUT2D eigenvalue weighted by molar-refractivity contribution is -0.125. The first-order valence-corrected chi connectivity index (χ1v) is 9.89. The highest BCUT2D eigenvalue weighted by Gasteiger charge is 2.29. The molecule has 0 radical (unpaired) electrons. The van der Waals surface area contributed by atoms with Crippen molar-refractivity contribution < 1.29 is 28.6 Å². The molecule has 0 aromatic heterocycles. The normalized spacial score (nSPS) is 20.2. The second-order valence-corrected chi connectivity index (χ2v) is 7.12. The summed E-state index contributed by atoms with van der Waals surface area (Å²) in [4.78, 5) is 24.6. The van der Waals surface area contributed by atoms with Crippen molar-refractivity contribution in [3.8, 4) is 5.75 Å². The summed E-state index contributed by atoms with van der Waals surface area (Å²) in [7, 11) is 1.59. The molecule has 3 atom stereocenters. The summed E-state index contributed by atoms with van der Waals surface area (Å²) in [6.07, 6.45) is 2.18. The Balaban J connectivity index is 1.51. The molecule has 164 valence electrons. The van der Waals surface area contributed by atoms with Gasteiger partial charge in [0.15, 0.2) is 0 Å². The maximum atomic E-state index is 13.3. The van der Waals surface area contributed by atoms with Gasteiger partial charge in [-0.05, 0) is 35.9 Å². The van der Waals surface area contributed by atoms with Crippen LogP contribution in [0.5, 0.6) is 5.75 Å². The predicted molar refractivity (Wildman–Crippen MR) is 112 cm³/mol. The van der Waals surface area contributed by atoms with E-state index in [0.717, 1.165) is 17.4 Å². The molecule has 1 heterocycles. The maximum absolute atomic E-state index is 13.3. The van der Waals surface area contributed by atoms with Gasteiger partial charge in [-0.2, -0.15) is 0 Å². The minimum atomic E-state index is -0.720. The highest BCUT2D eigenvalue weighted by Crippen LogP contribution is 2.17. The van der Waals surface area contributed by atoms with Gasteiger partial charge in [0.2, 0.25) is 5.91 Å². The van der Waals surface area contributed by atoms with E-state index >= 15 is 0 Å². The number of methoxy groups -OCH3 is 1. The van der Waals surface area contributed by atoms with Gasteiger partial charge >= 0.3 is 0 Å². The van der Waals surface area contributed by atoms with E-state index in [2.05, 4.69) is 10.6 Å². The molecular weight excluding hydrogens is 403 g/mol. The number of rotatable bonds is 8. The molecule has 0 unspecified atom stereocenters. The van der Waals surface area contributed by atoms with Gasteiger partial charge in [-0.3, -0.25) is 9.59 Å². The third-order valence-corrected chi connectivity index (χ3v) is 4.88. The van der Waals surface area contributed by atoms with Crippen LogP contribution in [-0.2, 0) is 16.1 Å². The Labute approximate surface area is 179 Å². The Bertz CT molecular complexity index is 932. The molecule has 2 amide bonds. The number of nitrogens with one attached hydrogen (secondary N) is 2. The van der Waals surface area contributed by atoms with Crippen LogP contribution in [0.2, 0.25) is 0 Å². The first-order valence-electron chi connectivity index (χ1n) is 9.89. The fraction of sp³-hybridized carbons (Fsp3) is 0.304. The molecule has 0 fully saturated rings. The van der Waals surface area contributed by atoms with E-state index in [-0.39, 0.29) is 24.5 Å². The minimum absolute atomic E-state index is 0.0771. The topological polar surface area (TPSA) is 96.9 Å². The zero-order valence-corrected chi connectivity index (χ0v) is 17.1. The molecule has 3 rings (SSSR count). The lowest BCUT2D eigenvalue weighted by Crippen LogP contribution is -2.49. The van der Waals surface area contributed by atoms with Gasteiger partial charge in [-0.1, -0.05) is 30.4 Å². The SMILES string of the molecule is COc1ccc(CNC(=O)C[C@@H]2C=C[C@H](NC(=O)c3cccc(F)c3)[C@H](CO)O2)cc1. The molecular formula is C23H25FN2O5. The van der Waals surface area contributed by atoms with E-state index in [1.54, 1.807) is 19.3 Å². The summed E-state index contributed by atoms with van der Waals surface area (Å²) in [6.45, 7) is 0.0252. The standard InChI is InChI=1S/C23H25FN2O5/c1-30-18-7-5-15(6-8-18)13-25-22(28)12-19-9-10-20(21(14-27)31-19)26-23(29)16-3-2-4-17(24)11-16/h2-11,19-21,27H,12-14H2,1H3,(H,25,28)(H,26,29)/t19-,20-,21-/m0/s1. The summed E-state index contributed by atoms with van der Waals surface area (Å²) >= 11 is 0. The van der Waals surface area contributed by atoms with Gasteiger partial charge < -0.3 is 25.2 Å². The average Bonchev–Trinajstić information content (AvgIpc) is 2.79. The van der Waals surface area contributed by atoms with Crippen molar-refractivity contribution in [3.63, 3.8) is 0 Å². The fourth-order valence-corrected chi connectivity index (χ4v) is 3.20. The van der Waals surface area contributed by atoms with Crippen LogP contribution >= 0.6 is 0 Å². The quantitative estimate of drug-likeness (QED) is 0.559. The van der Waals surface area contributed by atoms with Crippen molar-refractivity contribution in [2.24, 2.45) is 0 Å². The van der Waals surface area contributed by atoms with Crippen LogP contribution in [0.4, 0.5) is 4.39 Å². The van der Waals surface area contributed by atoms with Crippen LogP contribution in [0.25, 0.3) is 0 Å². The Morgan fingerprint density at radius 2 is 1.94 bits per heavy atom. The van der Waals surface area contributed by atoms with Crippen LogP contribution in [0.1, 0.15) is 22.3 Å². The lowest BCUT2D eigenvalue weighted by Gasteiger charge is -2.31. The van der Waals surface area contributed by atoms with Gasteiger partial charge in [0.05, 0.1) is 32.3 Å². The predicted octanol–water partition coefficient (Wildman–Crippen LogP) is 1.96. The van der Waals surface area contributed by atoms with Gasteiger partial charge in [0, 0.05) is 12.1 Å². The van der Waals surface area contributed by atoms with Gasteiger partial charge in [-0.15, -0.1) is 0 Å². The van der Waals surface area contributed by atoms with Crippen LogP contribution in [-0.4, -0.2) is 48.9 Å². The molecule has 7 nitrogen and oxygen atoms in total. The Morgan fingerprint density at radius 3 is 2.61 bits per heavy atom. The first-order chi connectivity index (χ1) is 15.0. The molecule has 1 aliphatic heterocycles. The van der Waals surface area contributed by atoms with E-state index < -0.39 is 30.0 Å². The molecule has 0 saturated carbocycles. The molecule has 2 aromatic carbocycles. The van der Waals surface area contributed by atoms with E-state index in [9.17, 15) is 19.1 Å². The second kappa shape index (κ2) is 10.7. The van der Waals surface area contributed by atoms with E-state index in [1.807, 2.05) is 24.3 Å². The summed E-state index contributed by atoms with van der Waals surface area (Å²) in [5.74, 6) is -0.455. The second-order valence-electron chi connectivity index (χ2n) is 7.12. The van der Waals surface area contributed by atoms with E-state index in [1.165, 1.54) is 18.2 Å². The van der Waals surface area contributed by atoms with Crippen molar-refractivity contribution in [1.82, 2.24) is 10.6 Å². The Morgan fingerprint density at radius 1 is 1.16 bits per heavy atom. The van der Waals surface area contributed by atoms with Crippen molar-refractivity contribution in [3.05, 3.63) is 77.6 Å². The number of hydrogen-bond acceptors (Lipinski definition) is 5. The molecule has 3 N–H and O–H groups in total. The van der Waals surface area contributed by atoms with Gasteiger partial charge in [0.25, 0.3) is 5.91 Å². The zero-order valence-electron chi connectivity index (χ0n) is 17.1.